The molecular weight excluding hydrogens is 166 g/mol. The van der Waals surface area contributed by atoms with Crippen molar-refractivity contribution >= 4 is 17.5 Å². The van der Waals surface area contributed by atoms with Crippen molar-refractivity contribution < 1.29 is 14.6 Å². The number of hydrogen-bond donors (Lipinski definition) is 1. The lowest BCUT2D eigenvalue weighted by molar-refractivity contribution is 0.0688. The highest BCUT2D eigenvalue weighted by molar-refractivity contribution is 7.06. The number of methoxy groups -OCH3 is 1. The molecule has 0 amide bonds. The molecule has 0 bridgehead atoms. The van der Waals surface area contributed by atoms with Crippen LogP contribution in [0.3, 0.4) is 0 Å². The number of nitrogens with zero attached hydrogens (tertiary/aromatic N) is 1. The molecule has 0 atom stereocenters. The predicted octanol–water partition coefficient (Wildman–Crippen LogP) is 1.16. The number of aryl methyl sites for hydroxylation is 1. The lowest BCUT2D eigenvalue weighted by atomic mass is 10.3. The summed E-state index contributed by atoms with van der Waals surface area (Å²) in [7, 11) is 1.43. The van der Waals surface area contributed by atoms with E-state index in [-0.39, 0.29) is 5.69 Å². The Morgan fingerprint density at radius 3 is 2.73 bits per heavy atom. The zero-order valence-electron chi connectivity index (χ0n) is 6.12. The third kappa shape index (κ3) is 1.32. The van der Waals surface area contributed by atoms with Crippen molar-refractivity contribution in [3.8, 4) is 5.75 Å². The van der Waals surface area contributed by atoms with Crippen LogP contribution >= 0.6 is 11.5 Å². The van der Waals surface area contributed by atoms with Crippen molar-refractivity contribution in [2.24, 2.45) is 0 Å². The maximum Gasteiger partial charge on any atom is 0.359 e. The second-order valence-corrected chi connectivity index (χ2v) is 2.90. The summed E-state index contributed by atoms with van der Waals surface area (Å²) in [6.45, 7) is 1.77. The van der Waals surface area contributed by atoms with Crippen LogP contribution in [-0.4, -0.2) is 22.6 Å². The van der Waals surface area contributed by atoms with Crippen molar-refractivity contribution in [2.45, 2.75) is 6.92 Å². The van der Waals surface area contributed by atoms with Crippen molar-refractivity contribution in [3.05, 3.63) is 10.6 Å². The quantitative estimate of drug-likeness (QED) is 0.729. The molecule has 1 aromatic heterocycles. The first kappa shape index (κ1) is 8.00. The smallest absolute Gasteiger partial charge is 0.359 e. The number of rotatable bonds is 2. The number of aromatic nitrogens is 1. The number of ether oxygens (including phenoxy) is 1. The highest BCUT2D eigenvalue weighted by Gasteiger charge is 2.16. The van der Waals surface area contributed by atoms with E-state index >= 15 is 0 Å². The van der Waals surface area contributed by atoms with Gasteiger partial charge in [-0.25, -0.2) is 4.79 Å². The van der Waals surface area contributed by atoms with Gasteiger partial charge in [-0.2, -0.15) is 4.37 Å². The van der Waals surface area contributed by atoms with Gasteiger partial charge in [-0.1, -0.05) is 0 Å². The van der Waals surface area contributed by atoms with E-state index in [1.54, 1.807) is 6.92 Å². The molecule has 0 aromatic carbocycles. The molecule has 0 saturated heterocycles. The first-order valence-corrected chi connectivity index (χ1v) is 3.67. The van der Waals surface area contributed by atoms with E-state index in [0.717, 1.165) is 16.4 Å². The van der Waals surface area contributed by atoms with Gasteiger partial charge in [0.15, 0.2) is 5.75 Å². The third-order valence-corrected chi connectivity index (χ3v) is 1.95. The molecule has 4 nitrogen and oxygen atoms in total. The van der Waals surface area contributed by atoms with Crippen LogP contribution in [-0.2, 0) is 0 Å². The first-order valence-electron chi connectivity index (χ1n) is 2.90. The van der Waals surface area contributed by atoms with Crippen LogP contribution in [0.5, 0.6) is 5.75 Å². The van der Waals surface area contributed by atoms with Crippen LogP contribution in [0.2, 0.25) is 0 Å². The topological polar surface area (TPSA) is 59.4 Å². The molecule has 0 aliphatic rings. The summed E-state index contributed by atoms with van der Waals surface area (Å²) in [4.78, 5) is 11.2. The van der Waals surface area contributed by atoms with Gasteiger partial charge in [-0.15, -0.1) is 0 Å². The maximum atomic E-state index is 10.5. The van der Waals surface area contributed by atoms with E-state index in [4.69, 9.17) is 9.84 Å². The Kier molecular flexibility index (Phi) is 2.09. The first-order chi connectivity index (χ1) is 5.16. The summed E-state index contributed by atoms with van der Waals surface area (Å²) < 4.78 is 8.55. The molecule has 0 fully saturated rings. The van der Waals surface area contributed by atoms with Gasteiger partial charge in [-0.05, 0) is 18.5 Å². The molecule has 0 radical (unpaired) electrons. The fourth-order valence-electron chi connectivity index (χ4n) is 0.740. The van der Waals surface area contributed by atoms with Crippen LogP contribution in [0, 0.1) is 6.92 Å². The molecule has 0 aliphatic carbocycles. The van der Waals surface area contributed by atoms with Gasteiger partial charge in [0.2, 0.25) is 5.69 Å². The highest BCUT2D eigenvalue weighted by Crippen LogP contribution is 2.25. The summed E-state index contributed by atoms with van der Waals surface area (Å²) in [5, 5.41) is 8.57. The lowest BCUT2D eigenvalue weighted by Crippen LogP contribution is -1.99. The second kappa shape index (κ2) is 2.87. The zero-order valence-corrected chi connectivity index (χ0v) is 6.94. The molecule has 0 aliphatic heterocycles. The van der Waals surface area contributed by atoms with Gasteiger partial charge >= 0.3 is 5.97 Å². The molecule has 11 heavy (non-hydrogen) atoms. The summed E-state index contributed by atoms with van der Waals surface area (Å²) in [5.74, 6) is -0.686. The highest BCUT2D eigenvalue weighted by atomic mass is 32.1. The minimum Gasteiger partial charge on any atom is -0.493 e. The van der Waals surface area contributed by atoms with E-state index in [2.05, 4.69) is 4.37 Å². The van der Waals surface area contributed by atoms with E-state index in [1.165, 1.54) is 7.11 Å². The van der Waals surface area contributed by atoms with Crippen LogP contribution < -0.4 is 4.74 Å². The Balaban J connectivity index is 3.15. The Labute approximate surface area is 67.6 Å². The minimum absolute atomic E-state index is 0.00463. The van der Waals surface area contributed by atoms with Crippen molar-refractivity contribution in [1.29, 1.82) is 0 Å². The molecular formula is C6H7NO3S. The maximum absolute atomic E-state index is 10.5. The van der Waals surface area contributed by atoms with E-state index in [9.17, 15) is 4.79 Å². The minimum atomic E-state index is -1.05. The fraction of sp³-hybridized carbons (Fsp3) is 0.333. The zero-order chi connectivity index (χ0) is 8.43. The molecule has 0 unspecified atom stereocenters. The summed E-state index contributed by atoms with van der Waals surface area (Å²) in [6, 6.07) is 0. The number of hydrogen-bond acceptors (Lipinski definition) is 4. The monoisotopic (exact) mass is 173 g/mol. The normalized spacial score (nSPS) is 9.64. The second-order valence-electron chi connectivity index (χ2n) is 1.93. The van der Waals surface area contributed by atoms with Gasteiger partial charge in [0.05, 0.1) is 12.0 Å². The molecule has 1 aromatic rings. The van der Waals surface area contributed by atoms with Gasteiger partial charge in [0, 0.05) is 0 Å². The van der Waals surface area contributed by atoms with Gasteiger partial charge < -0.3 is 9.84 Å². The average molecular weight is 173 g/mol. The Hall–Kier alpha value is -1.10. The Morgan fingerprint density at radius 1 is 1.73 bits per heavy atom. The van der Waals surface area contributed by atoms with Gasteiger partial charge in [0.1, 0.15) is 0 Å². The Morgan fingerprint density at radius 2 is 2.36 bits per heavy atom. The molecule has 5 heteroatoms. The SMILES string of the molecule is COc1c(C(=O)O)nsc1C. The predicted molar refractivity (Wildman–Crippen MR) is 40.4 cm³/mol. The molecule has 1 heterocycles. The Bertz CT molecular complexity index is 281. The van der Waals surface area contributed by atoms with E-state index < -0.39 is 5.97 Å². The number of carboxylic acid groups (broad SMARTS) is 1. The summed E-state index contributed by atoms with van der Waals surface area (Å²) in [5.41, 5.74) is -0.00463. The standard InChI is InChI=1S/C6H7NO3S/c1-3-5(10-2)4(6(8)9)7-11-3/h1-2H3,(H,8,9). The number of carbonyl (C=O) groups is 1. The van der Waals surface area contributed by atoms with E-state index in [1.807, 2.05) is 0 Å². The van der Waals surface area contributed by atoms with Crippen LogP contribution in [0.15, 0.2) is 0 Å². The number of carboxylic acids is 1. The third-order valence-electron chi connectivity index (χ3n) is 1.22. The summed E-state index contributed by atoms with van der Waals surface area (Å²) >= 11 is 1.13. The fourth-order valence-corrected chi connectivity index (χ4v) is 1.39. The van der Waals surface area contributed by atoms with Gasteiger partial charge in [0.25, 0.3) is 0 Å². The van der Waals surface area contributed by atoms with E-state index in [0.29, 0.717) is 5.75 Å². The van der Waals surface area contributed by atoms with Crippen LogP contribution in [0.25, 0.3) is 0 Å². The average Bonchev–Trinajstić information content (AvgIpc) is 2.30. The molecule has 0 saturated carbocycles. The van der Waals surface area contributed by atoms with Crippen molar-refractivity contribution in [1.82, 2.24) is 4.37 Å². The van der Waals surface area contributed by atoms with Gasteiger partial charge in [-0.3, -0.25) is 0 Å². The van der Waals surface area contributed by atoms with Crippen LogP contribution in [0.1, 0.15) is 15.4 Å². The molecule has 60 valence electrons. The molecule has 1 rings (SSSR count). The largest absolute Gasteiger partial charge is 0.493 e. The van der Waals surface area contributed by atoms with Crippen molar-refractivity contribution in [3.63, 3.8) is 0 Å². The molecule has 0 spiro atoms. The van der Waals surface area contributed by atoms with Crippen LogP contribution in [0.4, 0.5) is 0 Å². The lowest BCUT2D eigenvalue weighted by Gasteiger charge is -1.96. The number of aromatic carboxylic acids is 1. The van der Waals surface area contributed by atoms with Crippen molar-refractivity contribution in [2.75, 3.05) is 7.11 Å². The molecule has 1 N–H and O–H groups in total. The summed E-state index contributed by atoms with van der Waals surface area (Å²) in [6.07, 6.45) is 0.